The average Bonchev–Trinajstić information content (AvgIpc) is 2.35. The van der Waals surface area contributed by atoms with E-state index in [0.29, 0.717) is 0 Å². The third-order valence-electron chi connectivity index (χ3n) is 1.90. The van der Waals surface area contributed by atoms with Crippen molar-refractivity contribution in [2.24, 2.45) is 5.41 Å². The predicted molar refractivity (Wildman–Crippen MR) is 40.7 cm³/mol. The highest BCUT2D eigenvalue weighted by Gasteiger charge is 2.53. The summed E-state index contributed by atoms with van der Waals surface area (Å²) < 4.78 is 9.11. The first-order chi connectivity index (χ1) is 6.02. The van der Waals surface area contributed by atoms with Crippen molar-refractivity contribution in [1.82, 2.24) is 0 Å². The molecule has 1 fully saturated rings. The van der Waals surface area contributed by atoms with Gasteiger partial charge in [-0.1, -0.05) is 0 Å². The Morgan fingerprint density at radius 3 is 2.62 bits per heavy atom. The second-order valence-electron chi connectivity index (χ2n) is 2.96. The molecule has 0 aromatic heterocycles. The normalized spacial score (nSPS) is 27.2. The first kappa shape index (κ1) is 9.70. The van der Waals surface area contributed by atoms with Gasteiger partial charge in [-0.2, -0.15) is 0 Å². The van der Waals surface area contributed by atoms with Crippen molar-refractivity contribution in [3.8, 4) is 0 Å². The van der Waals surface area contributed by atoms with E-state index in [2.05, 4.69) is 9.47 Å². The molecule has 5 heteroatoms. The average molecular weight is 186 g/mol. The largest absolute Gasteiger partial charge is 0.465 e. The molecule has 72 valence electrons. The lowest BCUT2D eigenvalue weighted by Crippen LogP contribution is -2.37. The van der Waals surface area contributed by atoms with E-state index in [-0.39, 0.29) is 13.2 Å². The molecule has 0 amide bonds. The Bertz CT molecular complexity index is 270. The van der Waals surface area contributed by atoms with Crippen LogP contribution in [0, 0.1) is 5.41 Å². The van der Waals surface area contributed by atoms with Crippen molar-refractivity contribution in [2.75, 3.05) is 13.2 Å². The molecule has 1 saturated heterocycles. The van der Waals surface area contributed by atoms with Crippen LogP contribution in [0.3, 0.4) is 0 Å². The number of ether oxygens (including phenoxy) is 2. The summed E-state index contributed by atoms with van der Waals surface area (Å²) in [4.78, 5) is 33.1. The maximum Gasteiger partial charge on any atom is 0.376 e. The Hall–Kier alpha value is -1.39. The monoisotopic (exact) mass is 186 g/mol. The minimum Gasteiger partial charge on any atom is -0.465 e. The molecule has 0 spiro atoms. The first-order valence-corrected chi connectivity index (χ1v) is 3.91. The third-order valence-corrected chi connectivity index (χ3v) is 1.90. The molecule has 0 bridgehead atoms. The maximum atomic E-state index is 11.2. The molecule has 1 rings (SSSR count). The van der Waals surface area contributed by atoms with Crippen molar-refractivity contribution < 1.29 is 23.9 Å². The third kappa shape index (κ3) is 1.41. The lowest BCUT2D eigenvalue weighted by molar-refractivity contribution is -0.158. The molecular weight excluding hydrogens is 176 g/mol. The Morgan fingerprint density at radius 1 is 1.62 bits per heavy atom. The van der Waals surface area contributed by atoms with Crippen LogP contribution in [-0.4, -0.2) is 30.9 Å². The van der Waals surface area contributed by atoms with Crippen LogP contribution in [0.4, 0.5) is 0 Å². The number of esters is 2. The Labute approximate surface area is 75.0 Å². The minimum absolute atomic E-state index is 0.176. The number of Topliss-reactive ketones (excluding diaryl/α,β-unsaturated/α-hetero) is 1. The fourth-order valence-corrected chi connectivity index (χ4v) is 1.01. The van der Waals surface area contributed by atoms with Crippen LogP contribution in [0.15, 0.2) is 0 Å². The lowest BCUT2D eigenvalue weighted by Gasteiger charge is -2.15. The van der Waals surface area contributed by atoms with Gasteiger partial charge in [-0.3, -0.25) is 9.59 Å². The van der Waals surface area contributed by atoms with Crippen LogP contribution in [-0.2, 0) is 23.9 Å². The molecule has 1 heterocycles. The number of carbonyl (C=O) groups is 3. The molecular formula is C8H10O5. The van der Waals surface area contributed by atoms with E-state index in [1.165, 1.54) is 6.92 Å². The maximum absolute atomic E-state index is 11.2. The molecule has 0 saturated carbocycles. The van der Waals surface area contributed by atoms with Gasteiger partial charge in [0.15, 0.2) is 5.41 Å². The summed E-state index contributed by atoms with van der Waals surface area (Å²) in [5, 5.41) is 0. The number of rotatable bonds is 2. The van der Waals surface area contributed by atoms with Gasteiger partial charge in [0, 0.05) is 0 Å². The zero-order chi connectivity index (χ0) is 10.1. The molecule has 1 unspecified atom stereocenters. The molecule has 13 heavy (non-hydrogen) atoms. The lowest BCUT2D eigenvalue weighted by atomic mass is 9.89. The van der Waals surface area contributed by atoms with E-state index in [1.807, 2.05) is 0 Å². The van der Waals surface area contributed by atoms with Gasteiger partial charge in [-0.05, 0) is 13.8 Å². The second-order valence-corrected chi connectivity index (χ2v) is 2.96. The highest BCUT2D eigenvalue weighted by Crippen LogP contribution is 2.26. The van der Waals surface area contributed by atoms with Crippen molar-refractivity contribution in [3.63, 3.8) is 0 Å². The summed E-state index contributed by atoms with van der Waals surface area (Å²) in [5.74, 6) is -2.49. The van der Waals surface area contributed by atoms with Crippen LogP contribution < -0.4 is 0 Å². The van der Waals surface area contributed by atoms with Gasteiger partial charge in [0.2, 0.25) is 0 Å². The van der Waals surface area contributed by atoms with Crippen LogP contribution >= 0.6 is 0 Å². The molecule has 0 aliphatic carbocycles. The minimum atomic E-state index is -1.44. The summed E-state index contributed by atoms with van der Waals surface area (Å²) >= 11 is 0. The number of carbonyl (C=O) groups excluding carboxylic acids is 3. The molecule has 5 nitrogen and oxygen atoms in total. The molecule has 0 aromatic carbocycles. The van der Waals surface area contributed by atoms with Crippen molar-refractivity contribution in [3.05, 3.63) is 0 Å². The van der Waals surface area contributed by atoms with Gasteiger partial charge in [0.05, 0.1) is 6.61 Å². The van der Waals surface area contributed by atoms with Crippen LogP contribution in [0.25, 0.3) is 0 Å². The highest BCUT2D eigenvalue weighted by molar-refractivity contribution is 6.41. The van der Waals surface area contributed by atoms with E-state index >= 15 is 0 Å². The van der Waals surface area contributed by atoms with Crippen LogP contribution in [0.5, 0.6) is 0 Å². The van der Waals surface area contributed by atoms with E-state index < -0.39 is 23.1 Å². The Balaban J connectivity index is 2.83. The van der Waals surface area contributed by atoms with Gasteiger partial charge in [-0.15, -0.1) is 0 Å². The van der Waals surface area contributed by atoms with E-state index in [0.717, 1.165) is 0 Å². The molecule has 0 radical (unpaired) electrons. The van der Waals surface area contributed by atoms with E-state index in [9.17, 15) is 14.4 Å². The van der Waals surface area contributed by atoms with E-state index in [4.69, 9.17) is 0 Å². The number of ketones is 1. The Kier molecular flexibility index (Phi) is 2.36. The fourth-order valence-electron chi connectivity index (χ4n) is 1.01. The topological polar surface area (TPSA) is 69.7 Å². The van der Waals surface area contributed by atoms with Crippen LogP contribution in [0.2, 0.25) is 0 Å². The van der Waals surface area contributed by atoms with Gasteiger partial charge in [0.25, 0.3) is 5.78 Å². The van der Waals surface area contributed by atoms with Gasteiger partial charge < -0.3 is 9.47 Å². The first-order valence-electron chi connectivity index (χ1n) is 3.91. The number of cyclic esters (lactones) is 1. The standard InChI is InChI=1S/C8H10O5/c1-3-12-7(11)8(2)4-13-6(10)5(8)9/h3-4H2,1-2H3. The zero-order valence-corrected chi connectivity index (χ0v) is 7.46. The summed E-state index contributed by atoms with van der Waals surface area (Å²) in [7, 11) is 0. The number of hydrogen-bond acceptors (Lipinski definition) is 5. The summed E-state index contributed by atoms with van der Waals surface area (Å²) in [6.07, 6.45) is 0. The van der Waals surface area contributed by atoms with Gasteiger partial charge in [0.1, 0.15) is 6.61 Å². The molecule has 1 atom stereocenters. The highest BCUT2D eigenvalue weighted by atomic mass is 16.6. The Morgan fingerprint density at radius 2 is 2.23 bits per heavy atom. The van der Waals surface area contributed by atoms with Crippen LogP contribution in [0.1, 0.15) is 13.8 Å². The second kappa shape index (κ2) is 3.16. The smallest absolute Gasteiger partial charge is 0.376 e. The SMILES string of the molecule is CCOC(=O)C1(C)COC(=O)C1=O. The summed E-state index contributed by atoms with van der Waals surface area (Å²) in [6.45, 7) is 2.93. The van der Waals surface area contributed by atoms with Crippen molar-refractivity contribution >= 4 is 17.7 Å². The van der Waals surface area contributed by atoms with E-state index in [1.54, 1.807) is 6.92 Å². The summed E-state index contributed by atoms with van der Waals surface area (Å²) in [6, 6.07) is 0. The molecule has 0 N–H and O–H groups in total. The fraction of sp³-hybridized carbons (Fsp3) is 0.625. The van der Waals surface area contributed by atoms with Crippen molar-refractivity contribution in [2.45, 2.75) is 13.8 Å². The number of hydrogen-bond donors (Lipinski definition) is 0. The molecule has 1 aliphatic rings. The zero-order valence-electron chi connectivity index (χ0n) is 7.46. The summed E-state index contributed by atoms with van der Waals surface area (Å²) in [5.41, 5.74) is -1.44. The predicted octanol–water partition coefficient (Wildman–Crippen LogP) is -0.318. The van der Waals surface area contributed by atoms with Crippen molar-refractivity contribution in [1.29, 1.82) is 0 Å². The van der Waals surface area contributed by atoms with Gasteiger partial charge in [-0.25, -0.2) is 4.79 Å². The molecule has 0 aromatic rings. The quantitative estimate of drug-likeness (QED) is 0.336. The molecule has 1 aliphatic heterocycles. The van der Waals surface area contributed by atoms with Gasteiger partial charge >= 0.3 is 11.9 Å².